The quantitative estimate of drug-likeness (QED) is 0.770. The summed E-state index contributed by atoms with van der Waals surface area (Å²) in [7, 11) is 1.81. The molecule has 88 valence electrons. The van der Waals surface area contributed by atoms with Crippen LogP contribution in [0.5, 0.6) is 0 Å². The molecule has 4 heteroatoms. The second-order valence-corrected chi connectivity index (χ2v) is 3.71. The molecule has 0 aliphatic rings. The van der Waals surface area contributed by atoms with Gasteiger partial charge in [-0.2, -0.15) is 0 Å². The lowest BCUT2D eigenvalue weighted by molar-refractivity contribution is -0.118. The lowest BCUT2D eigenvalue weighted by atomic mass is 10.1. The number of carbonyl (C=O) groups is 1. The van der Waals surface area contributed by atoms with Crippen LogP contribution in [0.1, 0.15) is 26.2 Å². The van der Waals surface area contributed by atoms with E-state index in [1.807, 2.05) is 13.1 Å². The number of carbonyl (C=O) groups excluding carboxylic acids is 1. The number of likely N-dealkylation sites (N-methyl/N-ethyl adjacent to an activating group) is 1. The smallest absolute Gasteiger partial charge is 0.241 e. The Morgan fingerprint density at radius 3 is 2.94 bits per heavy atom. The highest BCUT2D eigenvalue weighted by molar-refractivity contribution is 5.94. The topological polar surface area (TPSA) is 54.0 Å². The van der Waals surface area contributed by atoms with Crippen molar-refractivity contribution in [3.63, 3.8) is 0 Å². The molecule has 16 heavy (non-hydrogen) atoms. The van der Waals surface area contributed by atoms with E-state index < -0.39 is 0 Å². The molecule has 0 fully saturated rings. The van der Waals surface area contributed by atoms with E-state index in [2.05, 4.69) is 22.5 Å². The van der Waals surface area contributed by atoms with E-state index in [4.69, 9.17) is 0 Å². The third-order valence-corrected chi connectivity index (χ3v) is 2.44. The normalized spacial score (nSPS) is 12.1. The van der Waals surface area contributed by atoms with Crippen LogP contribution in [0.3, 0.4) is 0 Å². The molecule has 0 aliphatic carbocycles. The second kappa shape index (κ2) is 6.95. The van der Waals surface area contributed by atoms with Crippen molar-refractivity contribution in [2.24, 2.45) is 0 Å². The number of rotatable bonds is 6. The standard InChI is InChI=1S/C12H19N3O/c1-3-4-7-11(13-2)12(16)15-10-6-5-8-14-9-10/h5-6,8-9,11,13H,3-4,7H2,1-2H3,(H,15,16). The lowest BCUT2D eigenvalue weighted by Gasteiger charge is -2.15. The molecular formula is C12H19N3O. The van der Waals surface area contributed by atoms with Gasteiger partial charge in [0, 0.05) is 6.20 Å². The molecule has 0 saturated heterocycles. The van der Waals surface area contributed by atoms with Crippen LogP contribution in [-0.4, -0.2) is 24.0 Å². The highest BCUT2D eigenvalue weighted by atomic mass is 16.2. The van der Waals surface area contributed by atoms with Gasteiger partial charge in [0.1, 0.15) is 0 Å². The third kappa shape index (κ3) is 3.98. The first-order valence-corrected chi connectivity index (χ1v) is 5.66. The third-order valence-electron chi connectivity index (χ3n) is 2.44. The van der Waals surface area contributed by atoms with Gasteiger partial charge in [-0.3, -0.25) is 9.78 Å². The minimum atomic E-state index is -0.125. The van der Waals surface area contributed by atoms with Crippen LogP contribution in [0.15, 0.2) is 24.5 Å². The Kier molecular flexibility index (Phi) is 5.50. The largest absolute Gasteiger partial charge is 0.323 e. The maximum atomic E-state index is 11.8. The van der Waals surface area contributed by atoms with Crippen LogP contribution in [0.2, 0.25) is 0 Å². The van der Waals surface area contributed by atoms with Gasteiger partial charge in [0.05, 0.1) is 17.9 Å². The van der Waals surface area contributed by atoms with Crippen molar-refractivity contribution in [3.05, 3.63) is 24.5 Å². The summed E-state index contributed by atoms with van der Waals surface area (Å²) in [6, 6.07) is 3.51. The Bertz CT molecular complexity index is 313. The highest BCUT2D eigenvalue weighted by Gasteiger charge is 2.15. The average molecular weight is 221 g/mol. The van der Waals surface area contributed by atoms with E-state index in [1.165, 1.54) is 0 Å². The van der Waals surface area contributed by atoms with Gasteiger partial charge in [0.2, 0.25) is 5.91 Å². The summed E-state index contributed by atoms with van der Waals surface area (Å²) >= 11 is 0. The number of anilines is 1. The molecule has 1 atom stereocenters. The van der Waals surface area contributed by atoms with Gasteiger partial charge in [-0.05, 0) is 25.6 Å². The predicted molar refractivity (Wildman–Crippen MR) is 65.2 cm³/mol. The van der Waals surface area contributed by atoms with Crippen molar-refractivity contribution >= 4 is 11.6 Å². The van der Waals surface area contributed by atoms with Gasteiger partial charge in [-0.25, -0.2) is 0 Å². The Balaban J connectivity index is 2.49. The monoisotopic (exact) mass is 221 g/mol. The van der Waals surface area contributed by atoms with Crippen LogP contribution in [-0.2, 0) is 4.79 Å². The molecular weight excluding hydrogens is 202 g/mol. The summed E-state index contributed by atoms with van der Waals surface area (Å²) in [4.78, 5) is 15.8. The summed E-state index contributed by atoms with van der Waals surface area (Å²) in [5.74, 6) is 0.00366. The first-order chi connectivity index (χ1) is 7.77. The van der Waals surface area contributed by atoms with Crippen molar-refractivity contribution in [3.8, 4) is 0 Å². The summed E-state index contributed by atoms with van der Waals surface area (Å²) in [5.41, 5.74) is 0.740. The number of aromatic nitrogens is 1. The molecule has 1 aromatic rings. The zero-order valence-corrected chi connectivity index (χ0v) is 9.86. The van der Waals surface area contributed by atoms with Gasteiger partial charge in [-0.15, -0.1) is 0 Å². The maximum absolute atomic E-state index is 11.8. The number of pyridine rings is 1. The van der Waals surface area contributed by atoms with Crippen molar-refractivity contribution in [2.75, 3.05) is 12.4 Å². The fourth-order valence-electron chi connectivity index (χ4n) is 1.48. The summed E-state index contributed by atoms with van der Waals surface area (Å²) < 4.78 is 0. The average Bonchev–Trinajstić information content (AvgIpc) is 2.31. The molecule has 1 amide bonds. The Hall–Kier alpha value is -1.42. The van der Waals surface area contributed by atoms with Crippen LogP contribution in [0.4, 0.5) is 5.69 Å². The number of hydrogen-bond donors (Lipinski definition) is 2. The molecule has 1 aromatic heterocycles. The highest BCUT2D eigenvalue weighted by Crippen LogP contribution is 2.06. The Morgan fingerprint density at radius 2 is 2.38 bits per heavy atom. The minimum absolute atomic E-state index is 0.00366. The van der Waals surface area contributed by atoms with Crippen LogP contribution >= 0.6 is 0 Å². The molecule has 0 spiro atoms. The number of unbranched alkanes of at least 4 members (excludes halogenated alkanes) is 1. The second-order valence-electron chi connectivity index (χ2n) is 3.71. The van der Waals surface area contributed by atoms with Crippen molar-refractivity contribution in [1.29, 1.82) is 0 Å². The fraction of sp³-hybridized carbons (Fsp3) is 0.500. The zero-order valence-electron chi connectivity index (χ0n) is 9.86. The van der Waals surface area contributed by atoms with Gasteiger partial charge in [0.15, 0.2) is 0 Å². The van der Waals surface area contributed by atoms with Crippen LogP contribution in [0, 0.1) is 0 Å². The van der Waals surface area contributed by atoms with Crippen molar-refractivity contribution < 1.29 is 4.79 Å². The van der Waals surface area contributed by atoms with E-state index in [0.29, 0.717) is 0 Å². The molecule has 1 unspecified atom stereocenters. The van der Waals surface area contributed by atoms with Gasteiger partial charge < -0.3 is 10.6 Å². The Labute approximate surface area is 96.5 Å². The molecule has 2 N–H and O–H groups in total. The van der Waals surface area contributed by atoms with Crippen molar-refractivity contribution in [2.45, 2.75) is 32.2 Å². The molecule has 1 rings (SSSR count). The number of nitrogens with one attached hydrogen (secondary N) is 2. The van der Waals surface area contributed by atoms with Gasteiger partial charge >= 0.3 is 0 Å². The van der Waals surface area contributed by atoms with E-state index in [-0.39, 0.29) is 11.9 Å². The van der Waals surface area contributed by atoms with E-state index >= 15 is 0 Å². The van der Waals surface area contributed by atoms with Gasteiger partial charge in [0.25, 0.3) is 0 Å². The summed E-state index contributed by atoms with van der Waals surface area (Å²) in [6.45, 7) is 2.12. The van der Waals surface area contributed by atoms with E-state index in [0.717, 1.165) is 24.9 Å². The zero-order chi connectivity index (χ0) is 11.8. The lowest BCUT2D eigenvalue weighted by Crippen LogP contribution is -2.38. The van der Waals surface area contributed by atoms with Gasteiger partial charge in [-0.1, -0.05) is 19.8 Å². The minimum Gasteiger partial charge on any atom is -0.323 e. The first-order valence-electron chi connectivity index (χ1n) is 5.66. The predicted octanol–water partition coefficient (Wildman–Crippen LogP) is 1.80. The molecule has 0 aliphatic heterocycles. The van der Waals surface area contributed by atoms with E-state index in [9.17, 15) is 4.79 Å². The number of hydrogen-bond acceptors (Lipinski definition) is 3. The Morgan fingerprint density at radius 1 is 1.56 bits per heavy atom. The molecule has 0 aromatic carbocycles. The summed E-state index contributed by atoms with van der Waals surface area (Å²) in [6.07, 6.45) is 6.33. The first kappa shape index (κ1) is 12.6. The number of nitrogens with zero attached hydrogens (tertiary/aromatic N) is 1. The molecule has 0 radical (unpaired) electrons. The maximum Gasteiger partial charge on any atom is 0.241 e. The molecule has 0 saturated carbocycles. The fourth-order valence-corrected chi connectivity index (χ4v) is 1.48. The van der Waals surface area contributed by atoms with Crippen molar-refractivity contribution in [1.82, 2.24) is 10.3 Å². The molecule has 0 bridgehead atoms. The SMILES string of the molecule is CCCCC(NC)C(=O)Nc1cccnc1. The molecule has 1 heterocycles. The van der Waals surface area contributed by atoms with E-state index in [1.54, 1.807) is 18.5 Å². The molecule has 4 nitrogen and oxygen atoms in total. The summed E-state index contributed by atoms with van der Waals surface area (Å²) in [5, 5.41) is 5.86. The number of amides is 1. The van der Waals surface area contributed by atoms with Crippen LogP contribution in [0.25, 0.3) is 0 Å². The van der Waals surface area contributed by atoms with Crippen LogP contribution < -0.4 is 10.6 Å².